The summed E-state index contributed by atoms with van der Waals surface area (Å²) in [5, 5.41) is 0. The minimum absolute atomic E-state index is 0.0196. The maximum Gasteiger partial charge on any atom is 0.508 e. The second-order valence-electron chi connectivity index (χ2n) is 6.52. The average Bonchev–Trinajstić information content (AvgIpc) is 3.21. The fourth-order valence-electron chi connectivity index (χ4n) is 3.21. The molecule has 1 aromatic rings. The molecule has 0 aliphatic carbocycles. The normalized spacial score (nSPS) is 35.8. The van der Waals surface area contributed by atoms with Crippen LogP contribution in [0.4, 0.5) is 4.79 Å². The molecule has 0 spiro atoms. The van der Waals surface area contributed by atoms with E-state index in [0.717, 1.165) is 0 Å². The van der Waals surface area contributed by atoms with Gasteiger partial charge in [-0.1, -0.05) is 18.2 Å². The van der Waals surface area contributed by atoms with Crippen molar-refractivity contribution in [2.24, 2.45) is 0 Å². The van der Waals surface area contributed by atoms with Gasteiger partial charge >= 0.3 is 12.1 Å². The van der Waals surface area contributed by atoms with E-state index in [9.17, 15) is 9.59 Å². The molecular formula is C17H18O8. The van der Waals surface area contributed by atoms with Crippen LogP contribution < -0.4 is 0 Å². The van der Waals surface area contributed by atoms with Crippen molar-refractivity contribution in [2.45, 2.75) is 50.3 Å². The minimum atomic E-state index is -0.861. The zero-order valence-corrected chi connectivity index (χ0v) is 13.7. The lowest BCUT2D eigenvalue weighted by Gasteiger charge is -2.27. The summed E-state index contributed by atoms with van der Waals surface area (Å²) in [6.45, 7) is 3.52. The Balaban J connectivity index is 1.55. The molecule has 0 amide bonds. The van der Waals surface area contributed by atoms with Crippen LogP contribution in [0.15, 0.2) is 30.3 Å². The van der Waals surface area contributed by atoms with Crippen molar-refractivity contribution in [1.82, 2.24) is 0 Å². The Morgan fingerprint density at radius 1 is 1.16 bits per heavy atom. The second kappa shape index (κ2) is 5.98. The largest absolute Gasteiger partial charge is 0.508 e. The van der Waals surface area contributed by atoms with Crippen LogP contribution in [0.2, 0.25) is 0 Å². The Morgan fingerprint density at radius 3 is 2.60 bits per heavy atom. The molecule has 0 aromatic heterocycles. The molecule has 25 heavy (non-hydrogen) atoms. The molecule has 0 radical (unpaired) electrons. The molecule has 3 aliphatic rings. The summed E-state index contributed by atoms with van der Waals surface area (Å²) in [6, 6.07) is 8.60. The van der Waals surface area contributed by atoms with Crippen LogP contribution in [0, 0.1) is 0 Å². The highest BCUT2D eigenvalue weighted by Gasteiger charge is 2.60. The lowest BCUT2D eigenvalue weighted by molar-refractivity contribution is -0.223. The summed E-state index contributed by atoms with van der Waals surface area (Å²) in [7, 11) is 0. The summed E-state index contributed by atoms with van der Waals surface area (Å²) in [5.74, 6) is -1.38. The summed E-state index contributed by atoms with van der Waals surface area (Å²) in [6.07, 6.45) is -4.33. The summed E-state index contributed by atoms with van der Waals surface area (Å²) in [5.41, 5.74) is 0.405. The highest BCUT2D eigenvalue weighted by atomic mass is 16.9. The van der Waals surface area contributed by atoms with Crippen molar-refractivity contribution >= 4 is 12.1 Å². The monoisotopic (exact) mass is 350 g/mol. The van der Waals surface area contributed by atoms with Gasteiger partial charge < -0.3 is 28.4 Å². The van der Waals surface area contributed by atoms with Crippen LogP contribution >= 0.6 is 0 Å². The first-order valence-corrected chi connectivity index (χ1v) is 8.03. The third-order valence-electron chi connectivity index (χ3n) is 4.26. The predicted molar refractivity (Wildman–Crippen MR) is 80.6 cm³/mol. The van der Waals surface area contributed by atoms with Gasteiger partial charge in [0, 0.05) is 0 Å². The summed E-state index contributed by atoms with van der Waals surface area (Å²) < 4.78 is 32.9. The lowest BCUT2D eigenvalue weighted by Crippen LogP contribution is -2.44. The number of carbonyl (C=O) groups excluding carboxylic acids is 2. The number of esters is 1. The Morgan fingerprint density at radius 2 is 1.92 bits per heavy atom. The maximum absolute atomic E-state index is 12.5. The third kappa shape index (κ3) is 3.08. The van der Waals surface area contributed by atoms with Crippen molar-refractivity contribution in [3.63, 3.8) is 0 Å². The van der Waals surface area contributed by atoms with Gasteiger partial charge in [-0.3, -0.25) is 0 Å². The molecule has 8 heteroatoms. The molecule has 3 saturated heterocycles. The van der Waals surface area contributed by atoms with Crippen LogP contribution in [0.25, 0.3) is 0 Å². The van der Waals surface area contributed by atoms with Gasteiger partial charge in [0.15, 0.2) is 30.4 Å². The van der Waals surface area contributed by atoms with E-state index in [-0.39, 0.29) is 6.61 Å². The van der Waals surface area contributed by atoms with E-state index in [1.165, 1.54) is 0 Å². The van der Waals surface area contributed by atoms with Gasteiger partial charge in [0.2, 0.25) is 0 Å². The van der Waals surface area contributed by atoms with Crippen LogP contribution in [0.3, 0.4) is 0 Å². The van der Waals surface area contributed by atoms with Crippen LogP contribution in [-0.4, -0.2) is 55.2 Å². The van der Waals surface area contributed by atoms with Gasteiger partial charge in [0.25, 0.3) is 0 Å². The van der Waals surface area contributed by atoms with Crippen molar-refractivity contribution in [3.8, 4) is 0 Å². The molecule has 3 heterocycles. The van der Waals surface area contributed by atoms with Gasteiger partial charge in [-0.05, 0) is 26.0 Å². The van der Waals surface area contributed by atoms with Crippen molar-refractivity contribution in [2.75, 3.05) is 6.61 Å². The molecule has 0 saturated carbocycles. The summed E-state index contributed by atoms with van der Waals surface area (Å²) in [4.78, 5) is 23.7. The van der Waals surface area contributed by atoms with E-state index in [2.05, 4.69) is 0 Å². The third-order valence-corrected chi connectivity index (χ3v) is 4.26. The maximum atomic E-state index is 12.5. The number of ether oxygens (including phenoxy) is 6. The van der Waals surface area contributed by atoms with Crippen LogP contribution in [0.5, 0.6) is 0 Å². The Hall–Kier alpha value is -2.16. The van der Waals surface area contributed by atoms with E-state index in [4.69, 9.17) is 28.4 Å². The lowest BCUT2D eigenvalue weighted by atomic mass is 10.1. The second-order valence-corrected chi connectivity index (χ2v) is 6.52. The number of fused-ring (bicyclic) bond motifs is 1. The molecule has 1 aromatic carbocycles. The molecule has 0 N–H and O–H groups in total. The van der Waals surface area contributed by atoms with Crippen molar-refractivity contribution < 1.29 is 38.0 Å². The molecule has 8 nitrogen and oxygen atoms in total. The molecule has 3 fully saturated rings. The van der Waals surface area contributed by atoms with E-state index in [1.807, 2.05) is 0 Å². The standard InChI is InChI=1S/C17H18O8/c1-17(2)24-13-12(22-14(18)9-6-4-3-5-7-9)11(23-15(13)25-17)10-8-20-16(19)21-10/h3-7,10-13,15H,8H2,1-2H3/t10-,11-,12+,13+,15+/m0/s1. The fraction of sp³-hybridized carbons (Fsp3) is 0.529. The van der Waals surface area contributed by atoms with E-state index < -0.39 is 48.6 Å². The van der Waals surface area contributed by atoms with E-state index >= 15 is 0 Å². The van der Waals surface area contributed by atoms with Crippen molar-refractivity contribution in [3.05, 3.63) is 35.9 Å². The van der Waals surface area contributed by atoms with Gasteiger partial charge in [-0.25, -0.2) is 9.59 Å². The van der Waals surface area contributed by atoms with Gasteiger partial charge in [-0.15, -0.1) is 0 Å². The number of rotatable bonds is 3. The zero-order valence-electron chi connectivity index (χ0n) is 13.7. The number of hydrogen-bond donors (Lipinski definition) is 0. The molecule has 5 atom stereocenters. The minimum Gasteiger partial charge on any atom is -0.453 e. The first-order valence-electron chi connectivity index (χ1n) is 8.03. The molecular weight excluding hydrogens is 332 g/mol. The number of carbonyl (C=O) groups is 2. The number of benzene rings is 1. The highest BCUT2D eigenvalue weighted by molar-refractivity contribution is 5.89. The van der Waals surface area contributed by atoms with Crippen molar-refractivity contribution in [1.29, 1.82) is 0 Å². The first-order chi connectivity index (χ1) is 11.9. The Bertz CT molecular complexity index is 672. The van der Waals surface area contributed by atoms with Gasteiger partial charge in [0.05, 0.1) is 5.56 Å². The van der Waals surface area contributed by atoms with Gasteiger partial charge in [-0.2, -0.15) is 0 Å². The molecule has 3 aliphatic heterocycles. The number of cyclic esters (lactones) is 2. The fourth-order valence-corrected chi connectivity index (χ4v) is 3.21. The van der Waals surface area contributed by atoms with Gasteiger partial charge in [0.1, 0.15) is 12.7 Å². The Labute approximate surface area is 143 Å². The quantitative estimate of drug-likeness (QED) is 0.760. The topological polar surface area (TPSA) is 89.5 Å². The molecule has 134 valence electrons. The smallest absolute Gasteiger partial charge is 0.453 e. The Kier molecular flexibility index (Phi) is 3.90. The summed E-state index contributed by atoms with van der Waals surface area (Å²) >= 11 is 0. The molecule has 0 unspecified atom stereocenters. The van der Waals surface area contributed by atoms with Crippen LogP contribution in [-0.2, 0) is 28.4 Å². The van der Waals surface area contributed by atoms with Crippen LogP contribution in [0.1, 0.15) is 24.2 Å². The van der Waals surface area contributed by atoms with E-state index in [1.54, 1.807) is 44.2 Å². The first kappa shape index (κ1) is 16.3. The predicted octanol–water partition coefficient (Wildman–Crippen LogP) is 1.62. The molecule has 0 bridgehead atoms. The number of hydrogen-bond acceptors (Lipinski definition) is 8. The van der Waals surface area contributed by atoms with E-state index in [0.29, 0.717) is 5.56 Å². The average molecular weight is 350 g/mol. The highest BCUT2D eigenvalue weighted by Crippen LogP contribution is 2.41. The SMILES string of the molecule is CC1(C)O[C@H]2O[C@@H]([C@@H]3COC(=O)O3)[C@@H](OC(=O)c3ccccc3)[C@H]2O1. The zero-order chi connectivity index (χ0) is 17.6. The molecule has 4 rings (SSSR count).